The summed E-state index contributed by atoms with van der Waals surface area (Å²) in [5.41, 5.74) is 3.42. The summed E-state index contributed by atoms with van der Waals surface area (Å²) in [5.74, 6) is 0.519. The van der Waals surface area contributed by atoms with Gasteiger partial charge in [-0.1, -0.05) is 35.9 Å². The van der Waals surface area contributed by atoms with Crippen LogP contribution in [-0.2, 0) is 11.2 Å². The Labute approximate surface area is 108 Å². The van der Waals surface area contributed by atoms with Crippen molar-refractivity contribution in [3.8, 4) is 0 Å². The normalized spacial score (nSPS) is 10.8. The number of allylic oxidation sites excluding steroid dienone is 1. The molecule has 0 aliphatic rings. The molecule has 0 saturated heterocycles. The summed E-state index contributed by atoms with van der Waals surface area (Å²) >= 11 is 5.49. The van der Waals surface area contributed by atoms with E-state index >= 15 is 0 Å². The van der Waals surface area contributed by atoms with Gasteiger partial charge < -0.3 is 5.32 Å². The number of benzene rings is 1. The van der Waals surface area contributed by atoms with Crippen LogP contribution in [0.25, 0.3) is 0 Å². The zero-order chi connectivity index (χ0) is 12.7. The largest absolute Gasteiger partial charge is 0.352 e. The molecule has 17 heavy (non-hydrogen) atoms. The van der Waals surface area contributed by atoms with E-state index in [1.165, 1.54) is 5.56 Å². The third kappa shape index (κ3) is 5.05. The van der Waals surface area contributed by atoms with Crippen molar-refractivity contribution in [2.45, 2.75) is 20.3 Å². The highest BCUT2D eigenvalue weighted by Crippen LogP contribution is 2.11. The lowest BCUT2D eigenvalue weighted by Crippen LogP contribution is -2.25. The Kier molecular flexibility index (Phi) is 5.78. The second-order valence-electron chi connectivity index (χ2n) is 4.04. The van der Waals surface area contributed by atoms with Gasteiger partial charge in [0.05, 0.1) is 6.42 Å². The second-order valence-corrected chi connectivity index (χ2v) is 4.35. The van der Waals surface area contributed by atoms with Gasteiger partial charge in [0.25, 0.3) is 0 Å². The number of nitrogens with one attached hydrogen (secondary N) is 1. The van der Waals surface area contributed by atoms with Crippen LogP contribution in [0.3, 0.4) is 0 Å². The average Bonchev–Trinajstić information content (AvgIpc) is 2.29. The fraction of sp³-hybridized carbons (Fsp3) is 0.357. The van der Waals surface area contributed by atoms with Crippen molar-refractivity contribution in [1.82, 2.24) is 5.32 Å². The molecule has 1 N–H and O–H groups in total. The summed E-state index contributed by atoms with van der Waals surface area (Å²) < 4.78 is 0. The Morgan fingerprint density at radius 3 is 2.82 bits per heavy atom. The van der Waals surface area contributed by atoms with Crippen molar-refractivity contribution >= 4 is 17.5 Å². The van der Waals surface area contributed by atoms with Gasteiger partial charge in [0.15, 0.2) is 0 Å². The van der Waals surface area contributed by atoms with Gasteiger partial charge in [0.2, 0.25) is 5.91 Å². The number of aryl methyl sites for hydroxylation is 2. The summed E-state index contributed by atoms with van der Waals surface area (Å²) in [6, 6.07) is 6.16. The predicted molar refractivity (Wildman–Crippen MR) is 72.5 cm³/mol. The maximum atomic E-state index is 11.7. The van der Waals surface area contributed by atoms with Crippen molar-refractivity contribution in [2.24, 2.45) is 0 Å². The molecule has 2 nitrogen and oxygen atoms in total. The van der Waals surface area contributed by atoms with Gasteiger partial charge in [-0.05, 0) is 25.0 Å². The minimum Gasteiger partial charge on any atom is -0.352 e. The maximum Gasteiger partial charge on any atom is 0.224 e. The Bertz CT molecular complexity index is 413. The highest BCUT2D eigenvalue weighted by molar-refractivity contribution is 6.18. The van der Waals surface area contributed by atoms with E-state index in [2.05, 4.69) is 17.4 Å². The van der Waals surface area contributed by atoms with E-state index in [0.29, 0.717) is 18.8 Å². The number of carbonyl (C=O) groups excluding carboxylic acids is 1. The zero-order valence-electron chi connectivity index (χ0n) is 10.3. The van der Waals surface area contributed by atoms with E-state index in [0.717, 1.165) is 11.1 Å². The number of carbonyl (C=O) groups is 1. The first kappa shape index (κ1) is 13.8. The number of alkyl halides is 1. The van der Waals surface area contributed by atoms with Crippen LogP contribution in [-0.4, -0.2) is 18.3 Å². The van der Waals surface area contributed by atoms with Gasteiger partial charge >= 0.3 is 0 Å². The summed E-state index contributed by atoms with van der Waals surface area (Å²) in [5, 5.41) is 2.83. The fourth-order valence-electron chi connectivity index (χ4n) is 1.55. The van der Waals surface area contributed by atoms with Crippen LogP contribution in [0, 0.1) is 13.8 Å². The van der Waals surface area contributed by atoms with Crippen LogP contribution in [0.2, 0.25) is 0 Å². The smallest absolute Gasteiger partial charge is 0.224 e. The van der Waals surface area contributed by atoms with Crippen molar-refractivity contribution < 1.29 is 4.79 Å². The highest BCUT2D eigenvalue weighted by atomic mass is 35.5. The first-order valence-corrected chi connectivity index (χ1v) is 6.20. The molecule has 0 heterocycles. The van der Waals surface area contributed by atoms with Crippen LogP contribution in [0.1, 0.15) is 16.7 Å². The number of hydrogen-bond donors (Lipinski definition) is 1. The van der Waals surface area contributed by atoms with Crippen molar-refractivity contribution in [1.29, 1.82) is 0 Å². The zero-order valence-corrected chi connectivity index (χ0v) is 11.1. The lowest BCUT2D eigenvalue weighted by Gasteiger charge is -2.07. The quantitative estimate of drug-likeness (QED) is 0.633. The van der Waals surface area contributed by atoms with E-state index in [1.54, 1.807) is 0 Å². The van der Waals surface area contributed by atoms with E-state index in [1.807, 2.05) is 32.1 Å². The summed E-state index contributed by atoms with van der Waals surface area (Å²) in [7, 11) is 0. The van der Waals surface area contributed by atoms with E-state index in [9.17, 15) is 4.79 Å². The second kappa shape index (κ2) is 7.13. The summed E-state index contributed by atoms with van der Waals surface area (Å²) in [6.07, 6.45) is 4.11. The monoisotopic (exact) mass is 251 g/mol. The molecule has 0 aromatic heterocycles. The molecule has 0 radical (unpaired) electrons. The third-order valence-corrected chi connectivity index (χ3v) is 2.71. The minimum atomic E-state index is 0.0397. The van der Waals surface area contributed by atoms with Crippen LogP contribution in [0.15, 0.2) is 30.4 Å². The standard InChI is InChI=1S/C14H18ClNO/c1-11-5-6-12(2)13(9-11)10-14(17)16-8-4-3-7-15/h3-6,9H,7-8,10H2,1-2H3,(H,16,17)/b4-3+. The topological polar surface area (TPSA) is 29.1 Å². The first-order chi connectivity index (χ1) is 8.13. The van der Waals surface area contributed by atoms with Crippen molar-refractivity contribution in [2.75, 3.05) is 12.4 Å². The number of amides is 1. The van der Waals surface area contributed by atoms with Gasteiger partial charge in [-0.15, -0.1) is 11.6 Å². The third-order valence-electron chi connectivity index (χ3n) is 2.53. The molecule has 1 aromatic rings. The molecule has 0 saturated carbocycles. The van der Waals surface area contributed by atoms with Crippen LogP contribution in [0.5, 0.6) is 0 Å². The predicted octanol–water partition coefficient (Wildman–Crippen LogP) is 2.76. The molecule has 0 bridgehead atoms. The number of hydrogen-bond acceptors (Lipinski definition) is 1. The number of halogens is 1. The molecule has 0 spiro atoms. The van der Waals surface area contributed by atoms with Crippen LogP contribution >= 0.6 is 11.6 Å². The molecule has 1 aromatic carbocycles. The molecule has 0 aliphatic heterocycles. The molecular formula is C14H18ClNO. The molecule has 1 rings (SSSR count). The Morgan fingerprint density at radius 2 is 2.12 bits per heavy atom. The molecular weight excluding hydrogens is 234 g/mol. The first-order valence-electron chi connectivity index (χ1n) is 5.67. The average molecular weight is 252 g/mol. The fourth-order valence-corrected chi connectivity index (χ4v) is 1.67. The maximum absolute atomic E-state index is 11.7. The van der Waals surface area contributed by atoms with Crippen molar-refractivity contribution in [3.05, 3.63) is 47.0 Å². The molecule has 0 aliphatic carbocycles. The van der Waals surface area contributed by atoms with E-state index in [-0.39, 0.29) is 5.91 Å². The SMILES string of the molecule is Cc1ccc(C)c(CC(=O)NC/C=C/CCl)c1. The van der Waals surface area contributed by atoms with Gasteiger partial charge in [0.1, 0.15) is 0 Å². The molecule has 1 amide bonds. The van der Waals surface area contributed by atoms with Gasteiger partial charge in [-0.3, -0.25) is 4.79 Å². The highest BCUT2D eigenvalue weighted by Gasteiger charge is 2.04. The Hall–Kier alpha value is -1.28. The van der Waals surface area contributed by atoms with Crippen LogP contribution < -0.4 is 5.32 Å². The Morgan fingerprint density at radius 1 is 1.35 bits per heavy atom. The molecule has 0 atom stereocenters. The van der Waals surface area contributed by atoms with Gasteiger partial charge in [-0.25, -0.2) is 0 Å². The van der Waals surface area contributed by atoms with Gasteiger partial charge in [0, 0.05) is 12.4 Å². The minimum absolute atomic E-state index is 0.0397. The molecule has 0 fully saturated rings. The lowest BCUT2D eigenvalue weighted by molar-refractivity contribution is -0.120. The van der Waals surface area contributed by atoms with Gasteiger partial charge in [-0.2, -0.15) is 0 Å². The molecule has 3 heteroatoms. The molecule has 92 valence electrons. The lowest BCUT2D eigenvalue weighted by atomic mass is 10.0. The summed E-state index contributed by atoms with van der Waals surface area (Å²) in [4.78, 5) is 11.7. The molecule has 0 unspecified atom stereocenters. The van der Waals surface area contributed by atoms with E-state index < -0.39 is 0 Å². The van der Waals surface area contributed by atoms with Crippen LogP contribution in [0.4, 0.5) is 0 Å². The van der Waals surface area contributed by atoms with Crippen molar-refractivity contribution in [3.63, 3.8) is 0 Å². The Balaban J connectivity index is 2.50. The number of rotatable bonds is 5. The summed E-state index contributed by atoms with van der Waals surface area (Å²) in [6.45, 7) is 4.59. The van der Waals surface area contributed by atoms with E-state index in [4.69, 9.17) is 11.6 Å².